The molecule has 0 spiro atoms. The smallest absolute Gasteiger partial charge is 0.242 e. The SMILES string of the molecule is CC(C)(C)COCCCC(C)(C)NS(=O)(=O)c1ccccc1C#N. The lowest BCUT2D eigenvalue weighted by Crippen LogP contribution is -2.43. The highest BCUT2D eigenvalue weighted by atomic mass is 32.2. The number of sulfonamides is 1. The van der Waals surface area contributed by atoms with Gasteiger partial charge in [0.1, 0.15) is 6.07 Å². The number of nitriles is 1. The maximum Gasteiger partial charge on any atom is 0.242 e. The minimum absolute atomic E-state index is 0.0181. The molecule has 0 amide bonds. The second-order valence-corrected chi connectivity index (χ2v) is 9.46. The van der Waals surface area contributed by atoms with Crippen LogP contribution in [0.25, 0.3) is 0 Å². The van der Waals surface area contributed by atoms with Crippen molar-refractivity contribution in [2.24, 2.45) is 5.41 Å². The second-order valence-electron chi connectivity index (χ2n) is 7.81. The van der Waals surface area contributed by atoms with Crippen molar-refractivity contribution < 1.29 is 13.2 Å². The predicted octanol–water partition coefficient (Wildman–Crippen LogP) is 3.46. The van der Waals surface area contributed by atoms with Gasteiger partial charge in [0.05, 0.1) is 17.1 Å². The van der Waals surface area contributed by atoms with Crippen LogP contribution in [0.2, 0.25) is 0 Å². The van der Waals surface area contributed by atoms with E-state index in [1.165, 1.54) is 12.1 Å². The van der Waals surface area contributed by atoms with Gasteiger partial charge in [-0.2, -0.15) is 5.26 Å². The number of nitrogens with one attached hydrogen (secondary N) is 1. The largest absolute Gasteiger partial charge is 0.381 e. The number of hydrogen-bond acceptors (Lipinski definition) is 4. The van der Waals surface area contributed by atoms with Gasteiger partial charge < -0.3 is 4.74 Å². The number of benzene rings is 1. The monoisotopic (exact) mass is 352 g/mol. The van der Waals surface area contributed by atoms with Crippen LogP contribution in [0.5, 0.6) is 0 Å². The minimum Gasteiger partial charge on any atom is -0.381 e. The Morgan fingerprint density at radius 3 is 2.38 bits per heavy atom. The Bertz CT molecular complexity index is 683. The summed E-state index contributed by atoms with van der Waals surface area (Å²) in [5, 5.41) is 9.09. The first-order valence-electron chi connectivity index (χ1n) is 8.08. The van der Waals surface area contributed by atoms with E-state index in [4.69, 9.17) is 10.00 Å². The zero-order valence-corrected chi connectivity index (χ0v) is 16.0. The zero-order valence-electron chi connectivity index (χ0n) is 15.2. The molecule has 1 aromatic carbocycles. The van der Waals surface area contributed by atoms with Crippen LogP contribution in [0.15, 0.2) is 29.2 Å². The summed E-state index contributed by atoms with van der Waals surface area (Å²) >= 11 is 0. The van der Waals surface area contributed by atoms with Gasteiger partial charge in [-0.3, -0.25) is 0 Å². The van der Waals surface area contributed by atoms with Gasteiger partial charge in [-0.1, -0.05) is 32.9 Å². The van der Waals surface area contributed by atoms with Gasteiger partial charge in [-0.25, -0.2) is 13.1 Å². The summed E-state index contributed by atoms with van der Waals surface area (Å²) in [6, 6.07) is 8.13. The molecule has 0 atom stereocenters. The van der Waals surface area contributed by atoms with Crippen molar-refractivity contribution in [1.29, 1.82) is 5.26 Å². The standard InChI is InChI=1S/C18H28N2O3S/c1-17(2,3)14-23-12-8-11-18(4,5)20-24(21,22)16-10-7-6-9-15(16)13-19/h6-7,9-10,20H,8,11-12,14H2,1-5H3. The van der Waals surface area contributed by atoms with Crippen LogP contribution < -0.4 is 4.72 Å². The van der Waals surface area contributed by atoms with Gasteiger partial charge in [-0.15, -0.1) is 0 Å². The summed E-state index contributed by atoms with van der Waals surface area (Å²) < 4.78 is 33.4. The molecule has 0 heterocycles. The third-order valence-electron chi connectivity index (χ3n) is 3.33. The molecule has 0 saturated heterocycles. The zero-order chi connectivity index (χ0) is 18.4. The van der Waals surface area contributed by atoms with Crippen LogP contribution in [-0.2, 0) is 14.8 Å². The molecule has 6 heteroatoms. The first kappa shape index (κ1) is 20.6. The summed E-state index contributed by atoms with van der Waals surface area (Å²) in [6.07, 6.45) is 1.40. The lowest BCUT2D eigenvalue weighted by atomic mass is 9.98. The topological polar surface area (TPSA) is 79.2 Å². The normalized spacial score (nSPS) is 12.8. The van der Waals surface area contributed by atoms with Crippen molar-refractivity contribution in [2.45, 2.75) is 57.9 Å². The fraction of sp³-hybridized carbons (Fsp3) is 0.611. The van der Waals surface area contributed by atoms with Crippen LogP contribution in [0.1, 0.15) is 53.0 Å². The van der Waals surface area contributed by atoms with Crippen molar-refractivity contribution in [3.63, 3.8) is 0 Å². The van der Waals surface area contributed by atoms with E-state index in [9.17, 15) is 8.42 Å². The Morgan fingerprint density at radius 2 is 1.79 bits per heavy atom. The summed E-state index contributed by atoms with van der Waals surface area (Å²) in [7, 11) is -3.74. The van der Waals surface area contributed by atoms with Crippen LogP contribution >= 0.6 is 0 Å². The highest BCUT2D eigenvalue weighted by Crippen LogP contribution is 2.20. The molecule has 0 bridgehead atoms. The number of rotatable bonds is 8. The molecule has 0 aliphatic rings. The molecule has 0 saturated carbocycles. The third kappa shape index (κ3) is 7.00. The quantitative estimate of drug-likeness (QED) is 0.727. The van der Waals surface area contributed by atoms with Crippen molar-refractivity contribution in [2.75, 3.05) is 13.2 Å². The van der Waals surface area contributed by atoms with E-state index in [1.807, 2.05) is 19.9 Å². The van der Waals surface area contributed by atoms with Gasteiger partial charge in [0.25, 0.3) is 0 Å². The lowest BCUT2D eigenvalue weighted by molar-refractivity contribution is 0.0664. The minimum atomic E-state index is -3.74. The first-order valence-corrected chi connectivity index (χ1v) is 9.56. The summed E-state index contributed by atoms with van der Waals surface area (Å²) in [5.41, 5.74) is -0.348. The van der Waals surface area contributed by atoms with E-state index >= 15 is 0 Å². The molecule has 24 heavy (non-hydrogen) atoms. The average Bonchev–Trinajstić information content (AvgIpc) is 2.44. The number of hydrogen-bond donors (Lipinski definition) is 1. The van der Waals surface area contributed by atoms with E-state index in [0.29, 0.717) is 19.6 Å². The van der Waals surface area contributed by atoms with Crippen LogP contribution in [0.4, 0.5) is 0 Å². The second kappa shape index (κ2) is 8.11. The van der Waals surface area contributed by atoms with E-state index in [2.05, 4.69) is 25.5 Å². The Morgan fingerprint density at radius 1 is 1.17 bits per heavy atom. The van der Waals surface area contributed by atoms with Crippen molar-refractivity contribution in [3.05, 3.63) is 29.8 Å². The molecule has 0 aliphatic heterocycles. The molecular formula is C18H28N2O3S. The van der Waals surface area contributed by atoms with Gasteiger partial charge in [0, 0.05) is 12.1 Å². The fourth-order valence-corrected chi connectivity index (χ4v) is 3.86. The Labute approximate surface area is 146 Å². The van der Waals surface area contributed by atoms with E-state index < -0.39 is 15.6 Å². The molecule has 1 rings (SSSR count). The van der Waals surface area contributed by atoms with Crippen LogP contribution in [0, 0.1) is 16.7 Å². The molecule has 134 valence electrons. The summed E-state index contributed by atoms with van der Waals surface area (Å²) in [6.45, 7) is 11.3. The molecular weight excluding hydrogens is 324 g/mol. The molecule has 1 aromatic rings. The molecule has 0 fully saturated rings. The van der Waals surface area contributed by atoms with Crippen LogP contribution in [-0.4, -0.2) is 27.2 Å². The van der Waals surface area contributed by atoms with Crippen molar-refractivity contribution >= 4 is 10.0 Å². The third-order valence-corrected chi connectivity index (χ3v) is 5.09. The lowest BCUT2D eigenvalue weighted by Gasteiger charge is -2.26. The number of ether oxygens (including phenoxy) is 1. The van der Waals surface area contributed by atoms with Gasteiger partial charge in [0.15, 0.2) is 0 Å². The summed E-state index contributed by atoms with van der Waals surface area (Å²) in [4.78, 5) is 0.0181. The molecule has 0 aromatic heterocycles. The first-order chi connectivity index (χ1) is 11.0. The summed E-state index contributed by atoms with van der Waals surface area (Å²) in [5.74, 6) is 0. The van der Waals surface area contributed by atoms with E-state index in [1.54, 1.807) is 12.1 Å². The van der Waals surface area contributed by atoms with Crippen molar-refractivity contribution in [3.8, 4) is 6.07 Å². The van der Waals surface area contributed by atoms with E-state index in [-0.39, 0.29) is 15.9 Å². The Balaban J connectivity index is 2.64. The number of nitrogens with zero attached hydrogens (tertiary/aromatic N) is 1. The fourth-order valence-electron chi connectivity index (χ4n) is 2.26. The van der Waals surface area contributed by atoms with Crippen molar-refractivity contribution in [1.82, 2.24) is 4.72 Å². The maximum absolute atomic E-state index is 12.6. The molecule has 5 nitrogen and oxygen atoms in total. The highest BCUT2D eigenvalue weighted by molar-refractivity contribution is 7.89. The molecule has 0 unspecified atom stereocenters. The highest BCUT2D eigenvalue weighted by Gasteiger charge is 2.27. The van der Waals surface area contributed by atoms with Crippen LogP contribution in [0.3, 0.4) is 0 Å². The average molecular weight is 353 g/mol. The maximum atomic E-state index is 12.6. The van der Waals surface area contributed by atoms with Gasteiger partial charge >= 0.3 is 0 Å². The van der Waals surface area contributed by atoms with E-state index in [0.717, 1.165) is 6.42 Å². The Kier molecular flexibility index (Phi) is 6.97. The van der Waals surface area contributed by atoms with Gasteiger partial charge in [-0.05, 0) is 44.2 Å². The van der Waals surface area contributed by atoms with Gasteiger partial charge in [0.2, 0.25) is 10.0 Å². The Hall–Kier alpha value is -1.42. The molecule has 1 N–H and O–H groups in total. The molecule has 0 radical (unpaired) electrons. The molecule has 0 aliphatic carbocycles. The predicted molar refractivity (Wildman–Crippen MR) is 95.1 cm³/mol.